The van der Waals surface area contributed by atoms with Crippen molar-refractivity contribution in [2.75, 3.05) is 24.7 Å². The minimum Gasteiger partial charge on any atom is -0.378 e. The highest BCUT2D eigenvalue weighted by atomic mass is 32.2. The molecule has 3 aromatic rings. The van der Waals surface area contributed by atoms with Gasteiger partial charge in [0.25, 0.3) is 0 Å². The molecule has 0 saturated carbocycles. The number of aryl methyl sites for hydroxylation is 1. The van der Waals surface area contributed by atoms with Gasteiger partial charge in [-0.2, -0.15) is 0 Å². The zero-order valence-electron chi connectivity index (χ0n) is 16.6. The van der Waals surface area contributed by atoms with Crippen molar-refractivity contribution < 1.29 is 4.79 Å². The molecule has 2 aromatic carbocycles. The summed E-state index contributed by atoms with van der Waals surface area (Å²) in [4.78, 5) is 14.2. The molecule has 0 aliphatic rings. The predicted octanol–water partition coefficient (Wildman–Crippen LogP) is 3.27. The first kappa shape index (κ1) is 19.9. The minimum absolute atomic E-state index is 0.0263. The smallest absolute Gasteiger partial charge is 0.230 e. The lowest BCUT2D eigenvalue weighted by molar-refractivity contribution is -0.118. The summed E-state index contributed by atoms with van der Waals surface area (Å²) in [5.74, 6) is 1.07. The van der Waals surface area contributed by atoms with Gasteiger partial charge in [0.1, 0.15) is 0 Å². The van der Waals surface area contributed by atoms with Gasteiger partial charge in [0, 0.05) is 38.9 Å². The Morgan fingerprint density at radius 1 is 1.07 bits per heavy atom. The van der Waals surface area contributed by atoms with Gasteiger partial charge in [-0.05, 0) is 24.6 Å². The summed E-state index contributed by atoms with van der Waals surface area (Å²) in [5.41, 5.74) is 4.42. The maximum absolute atomic E-state index is 12.2. The number of hydrogen-bond acceptors (Lipinski definition) is 5. The van der Waals surface area contributed by atoms with Crippen LogP contribution in [0.5, 0.6) is 0 Å². The van der Waals surface area contributed by atoms with E-state index >= 15 is 0 Å². The van der Waals surface area contributed by atoms with Crippen molar-refractivity contribution in [1.29, 1.82) is 0 Å². The molecule has 0 unspecified atom stereocenters. The molecule has 0 spiro atoms. The summed E-state index contributed by atoms with van der Waals surface area (Å²) >= 11 is 1.39. The molecule has 28 heavy (non-hydrogen) atoms. The molecule has 1 aromatic heterocycles. The molecule has 0 aliphatic carbocycles. The number of hydrogen-bond donors (Lipinski definition) is 1. The topological polar surface area (TPSA) is 63.1 Å². The second kappa shape index (κ2) is 8.93. The average molecular weight is 396 g/mol. The third kappa shape index (κ3) is 4.92. The van der Waals surface area contributed by atoms with E-state index in [0.717, 1.165) is 27.8 Å². The molecular formula is C21H25N5OS. The highest BCUT2D eigenvalue weighted by molar-refractivity contribution is 7.99. The van der Waals surface area contributed by atoms with Crippen molar-refractivity contribution in [3.05, 3.63) is 59.7 Å². The van der Waals surface area contributed by atoms with Crippen molar-refractivity contribution in [1.82, 2.24) is 20.1 Å². The first-order chi connectivity index (χ1) is 13.4. The number of benzene rings is 2. The van der Waals surface area contributed by atoms with Crippen LogP contribution in [0.2, 0.25) is 0 Å². The number of aromatic nitrogens is 3. The molecule has 1 N–H and O–H groups in total. The fourth-order valence-corrected chi connectivity index (χ4v) is 3.43. The lowest BCUT2D eigenvalue weighted by Crippen LogP contribution is -2.24. The summed E-state index contributed by atoms with van der Waals surface area (Å²) < 4.78 is 1.92. The Bertz CT molecular complexity index is 932. The molecule has 6 nitrogen and oxygen atoms in total. The van der Waals surface area contributed by atoms with Crippen LogP contribution >= 0.6 is 11.8 Å². The van der Waals surface area contributed by atoms with E-state index in [2.05, 4.69) is 34.6 Å². The molecule has 3 rings (SSSR count). The molecule has 146 valence electrons. The van der Waals surface area contributed by atoms with Crippen LogP contribution in [0.3, 0.4) is 0 Å². The Kier molecular flexibility index (Phi) is 6.36. The van der Waals surface area contributed by atoms with Crippen LogP contribution < -0.4 is 10.2 Å². The number of amides is 1. The van der Waals surface area contributed by atoms with Gasteiger partial charge in [-0.3, -0.25) is 4.79 Å². The highest BCUT2D eigenvalue weighted by Crippen LogP contribution is 2.22. The summed E-state index contributed by atoms with van der Waals surface area (Å²) in [5, 5.41) is 12.2. The van der Waals surface area contributed by atoms with Crippen molar-refractivity contribution in [3.8, 4) is 11.4 Å². The van der Waals surface area contributed by atoms with Crippen molar-refractivity contribution in [2.24, 2.45) is 7.05 Å². The summed E-state index contributed by atoms with van der Waals surface area (Å²) in [6, 6.07) is 16.3. The second-order valence-corrected chi connectivity index (χ2v) is 7.80. The number of rotatable bonds is 7. The number of carbonyl (C=O) groups excluding carboxylic acids is 1. The SMILES string of the molecule is Cc1ccc(-c2nnc(SCC(=O)NCc3ccc(N(C)C)cc3)n2C)cc1. The zero-order valence-corrected chi connectivity index (χ0v) is 17.5. The minimum atomic E-state index is -0.0263. The number of anilines is 1. The Labute approximate surface area is 170 Å². The highest BCUT2D eigenvalue weighted by Gasteiger charge is 2.12. The molecule has 0 fully saturated rings. The van der Waals surface area contributed by atoms with E-state index in [9.17, 15) is 4.79 Å². The van der Waals surface area contributed by atoms with Gasteiger partial charge in [-0.25, -0.2) is 0 Å². The van der Waals surface area contributed by atoms with E-state index in [-0.39, 0.29) is 5.91 Å². The third-order valence-corrected chi connectivity index (χ3v) is 5.44. The van der Waals surface area contributed by atoms with Gasteiger partial charge >= 0.3 is 0 Å². The van der Waals surface area contributed by atoms with Gasteiger partial charge in [-0.1, -0.05) is 53.7 Å². The fourth-order valence-electron chi connectivity index (χ4n) is 2.69. The Hall–Kier alpha value is -2.80. The van der Waals surface area contributed by atoms with Crippen molar-refractivity contribution in [2.45, 2.75) is 18.6 Å². The molecular weight excluding hydrogens is 370 g/mol. The quantitative estimate of drug-likeness (QED) is 0.622. The van der Waals surface area contributed by atoms with Crippen LogP contribution in [0.25, 0.3) is 11.4 Å². The van der Waals surface area contributed by atoms with Crippen molar-refractivity contribution >= 4 is 23.4 Å². The molecule has 1 amide bonds. The molecule has 1 heterocycles. The maximum atomic E-state index is 12.2. The van der Waals surface area contributed by atoms with Gasteiger partial charge < -0.3 is 14.8 Å². The van der Waals surface area contributed by atoms with Gasteiger partial charge in [-0.15, -0.1) is 10.2 Å². The van der Waals surface area contributed by atoms with Crippen LogP contribution in [0, 0.1) is 6.92 Å². The van der Waals surface area contributed by atoms with E-state index in [1.165, 1.54) is 17.3 Å². The molecule has 0 aliphatic heterocycles. The third-order valence-electron chi connectivity index (χ3n) is 4.42. The number of nitrogens with zero attached hydrogens (tertiary/aromatic N) is 4. The van der Waals surface area contributed by atoms with E-state index in [1.54, 1.807) is 0 Å². The summed E-state index contributed by atoms with van der Waals surface area (Å²) in [7, 11) is 5.93. The van der Waals surface area contributed by atoms with Crippen molar-refractivity contribution in [3.63, 3.8) is 0 Å². The van der Waals surface area contributed by atoms with E-state index in [0.29, 0.717) is 12.3 Å². The molecule has 0 atom stereocenters. The fraction of sp³-hybridized carbons (Fsp3) is 0.286. The maximum Gasteiger partial charge on any atom is 0.230 e. The number of nitrogens with one attached hydrogen (secondary N) is 1. The molecule has 7 heteroatoms. The van der Waals surface area contributed by atoms with E-state index in [1.807, 2.05) is 67.0 Å². The number of thioether (sulfide) groups is 1. The van der Waals surface area contributed by atoms with Crippen LogP contribution in [0.4, 0.5) is 5.69 Å². The Balaban J connectivity index is 1.52. The van der Waals surface area contributed by atoms with E-state index < -0.39 is 0 Å². The first-order valence-corrected chi connectivity index (χ1v) is 10.0. The predicted molar refractivity (Wildman–Crippen MR) is 115 cm³/mol. The molecule has 0 bridgehead atoms. The lowest BCUT2D eigenvalue weighted by atomic mass is 10.1. The largest absolute Gasteiger partial charge is 0.378 e. The molecule has 0 radical (unpaired) electrons. The summed E-state index contributed by atoms with van der Waals surface area (Å²) in [6.45, 7) is 2.57. The first-order valence-electron chi connectivity index (χ1n) is 9.06. The molecule has 0 saturated heterocycles. The number of carbonyl (C=O) groups is 1. The van der Waals surface area contributed by atoms with Gasteiger partial charge in [0.05, 0.1) is 5.75 Å². The average Bonchev–Trinajstić information content (AvgIpc) is 3.06. The summed E-state index contributed by atoms with van der Waals surface area (Å²) in [6.07, 6.45) is 0. The van der Waals surface area contributed by atoms with Crippen LogP contribution in [-0.2, 0) is 18.4 Å². The Morgan fingerprint density at radius 3 is 2.39 bits per heavy atom. The van der Waals surface area contributed by atoms with Crippen LogP contribution in [0.15, 0.2) is 53.7 Å². The normalized spacial score (nSPS) is 10.7. The second-order valence-electron chi connectivity index (χ2n) is 6.86. The van der Waals surface area contributed by atoms with E-state index in [4.69, 9.17) is 0 Å². The monoisotopic (exact) mass is 395 g/mol. The van der Waals surface area contributed by atoms with Gasteiger partial charge in [0.2, 0.25) is 5.91 Å². The Morgan fingerprint density at radius 2 is 1.75 bits per heavy atom. The van der Waals surface area contributed by atoms with Crippen LogP contribution in [-0.4, -0.2) is 40.5 Å². The zero-order chi connectivity index (χ0) is 20.1. The standard InChI is InChI=1S/C21H25N5OS/c1-15-5-9-17(10-6-15)20-23-24-21(26(20)4)28-14-19(27)22-13-16-7-11-18(12-8-16)25(2)3/h5-12H,13-14H2,1-4H3,(H,22,27). The van der Waals surface area contributed by atoms with Gasteiger partial charge in [0.15, 0.2) is 11.0 Å². The lowest BCUT2D eigenvalue weighted by Gasteiger charge is -2.12. The van der Waals surface area contributed by atoms with Crippen LogP contribution in [0.1, 0.15) is 11.1 Å².